The van der Waals surface area contributed by atoms with Crippen LogP contribution in [0.2, 0.25) is 0 Å². The summed E-state index contributed by atoms with van der Waals surface area (Å²) < 4.78 is 0. The molecule has 0 spiro atoms. The Morgan fingerprint density at radius 3 is 2.29 bits per heavy atom. The highest BCUT2D eigenvalue weighted by Crippen LogP contribution is 2.12. The molecule has 0 bridgehead atoms. The summed E-state index contributed by atoms with van der Waals surface area (Å²) in [6.45, 7) is 5.72. The first-order valence-electron chi connectivity index (χ1n) is 4.53. The normalized spacial score (nSPS) is 10.9. The number of carbonyl (C=O) groups excluding carboxylic acids is 1. The minimum atomic E-state index is -0.926. The lowest BCUT2D eigenvalue weighted by atomic mass is 9.94. The second-order valence-electron chi connectivity index (χ2n) is 3.86. The Morgan fingerprint density at radius 2 is 1.93 bits per heavy atom. The molecule has 5 heteroatoms. The van der Waals surface area contributed by atoms with Crippen molar-refractivity contribution in [3.63, 3.8) is 0 Å². The van der Waals surface area contributed by atoms with Crippen molar-refractivity contribution in [3.8, 4) is 0 Å². The number of urea groups is 1. The van der Waals surface area contributed by atoms with E-state index in [4.69, 9.17) is 5.11 Å². The van der Waals surface area contributed by atoms with Crippen LogP contribution in [0.15, 0.2) is 0 Å². The van der Waals surface area contributed by atoms with Crippen LogP contribution in [0.25, 0.3) is 0 Å². The maximum atomic E-state index is 11.3. The number of hydrogen-bond acceptors (Lipinski definition) is 2. The van der Waals surface area contributed by atoms with Crippen molar-refractivity contribution in [2.45, 2.75) is 20.8 Å². The van der Waals surface area contributed by atoms with Crippen LogP contribution in [0.1, 0.15) is 20.8 Å². The molecule has 0 aliphatic rings. The van der Waals surface area contributed by atoms with E-state index in [1.54, 1.807) is 20.9 Å². The molecule has 2 N–H and O–H groups in total. The van der Waals surface area contributed by atoms with Crippen LogP contribution in [0.4, 0.5) is 4.79 Å². The van der Waals surface area contributed by atoms with Gasteiger partial charge >= 0.3 is 12.0 Å². The molecule has 0 heterocycles. The summed E-state index contributed by atoms with van der Waals surface area (Å²) in [5.41, 5.74) is -0.926. The van der Waals surface area contributed by atoms with Gasteiger partial charge in [0.05, 0.1) is 5.41 Å². The fourth-order valence-corrected chi connectivity index (χ4v) is 0.651. The van der Waals surface area contributed by atoms with Gasteiger partial charge in [-0.3, -0.25) is 4.79 Å². The molecular formula is C9H18N2O3. The summed E-state index contributed by atoms with van der Waals surface area (Å²) in [7, 11) is 1.66. The zero-order valence-electron chi connectivity index (χ0n) is 9.13. The van der Waals surface area contributed by atoms with E-state index in [1.165, 1.54) is 4.90 Å². The molecule has 0 aromatic heterocycles. The maximum Gasteiger partial charge on any atom is 0.317 e. The van der Waals surface area contributed by atoms with Crippen LogP contribution in [-0.4, -0.2) is 42.1 Å². The SMILES string of the molecule is CCN(C)C(=O)NCC(C)(C)C(=O)O. The Kier molecular flexibility index (Phi) is 4.40. The highest BCUT2D eigenvalue weighted by Gasteiger charge is 2.27. The Hall–Kier alpha value is -1.26. The van der Waals surface area contributed by atoms with Gasteiger partial charge < -0.3 is 15.3 Å². The molecule has 0 rings (SSSR count). The Labute approximate surface area is 84.1 Å². The van der Waals surface area contributed by atoms with Crippen LogP contribution in [0.5, 0.6) is 0 Å². The van der Waals surface area contributed by atoms with Crippen molar-refractivity contribution < 1.29 is 14.7 Å². The molecule has 14 heavy (non-hydrogen) atoms. The monoisotopic (exact) mass is 202 g/mol. The minimum absolute atomic E-state index is 0.130. The molecule has 0 saturated heterocycles. The van der Waals surface area contributed by atoms with E-state index in [-0.39, 0.29) is 12.6 Å². The summed E-state index contributed by atoms with van der Waals surface area (Å²) in [5.74, 6) is -0.919. The van der Waals surface area contributed by atoms with Gasteiger partial charge in [0, 0.05) is 20.1 Å². The molecule has 0 saturated carbocycles. The standard InChI is InChI=1S/C9H18N2O3/c1-5-11(4)8(14)10-6-9(2,3)7(12)13/h5-6H2,1-4H3,(H,10,14)(H,12,13). The Balaban J connectivity index is 4.06. The van der Waals surface area contributed by atoms with Gasteiger partial charge in [-0.25, -0.2) is 4.79 Å². The zero-order valence-corrected chi connectivity index (χ0v) is 9.13. The third kappa shape index (κ3) is 3.64. The third-order valence-corrected chi connectivity index (χ3v) is 2.08. The predicted molar refractivity (Wildman–Crippen MR) is 53.1 cm³/mol. The number of carboxylic acid groups (broad SMARTS) is 1. The number of aliphatic carboxylic acids is 1. The van der Waals surface area contributed by atoms with Crippen LogP contribution in [0.3, 0.4) is 0 Å². The van der Waals surface area contributed by atoms with Crippen molar-refractivity contribution in [3.05, 3.63) is 0 Å². The third-order valence-electron chi connectivity index (χ3n) is 2.08. The van der Waals surface area contributed by atoms with Crippen LogP contribution >= 0.6 is 0 Å². The summed E-state index contributed by atoms with van der Waals surface area (Å²) in [5, 5.41) is 11.3. The number of hydrogen-bond donors (Lipinski definition) is 2. The van der Waals surface area contributed by atoms with E-state index in [0.29, 0.717) is 6.54 Å². The maximum absolute atomic E-state index is 11.3. The lowest BCUT2D eigenvalue weighted by Gasteiger charge is -2.22. The van der Waals surface area contributed by atoms with E-state index in [1.807, 2.05) is 6.92 Å². The highest BCUT2D eigenvalue weighted by molar-refractivity contribution is 5.77. The molecule has 0 fully saturated rings. The van der Waals surface area contributed by atoms with Crippen LogP contribution in [0, 0.1) is 5.41 Å². The van der Waals surface area contributed by atoms with Gasteiger partial charge in [-0.1, -0.05) is 0 Å². The van der Waals surface area contributed by atoms with Gasteiger partial charge in [0.1, 0.15) is 0 Å². The first-order valence-corrected chi connectivity index (χ1v) is 4.53. The van der Waals surface area contributed by atoms with Gasteiger partial charge in [-0.15, -0.1) is 0 Å². The second-order valence-corrected chi connectivity index (χ2v) is 3.86. The van der Waals surface area contributed by atoms with Gasteiger partial charge in [-0.05, 0) is 20.8 Å². The molecule has 0 radical (unpaired) electrons. The fourth-order valence-electron chi connectivity index (χ4n) is 0.651. The summed E-state index contributed by atoms with van der Waals surface area (Å²) in [6, 6.07) is -0.248. The van der Waals surface area contributed by atoms with Crippen LogP contribution in [-0.2, 0) is 4.79 Å². The number of amides is 2. The molecule has 0 aliphatic carbocycles. The minimum Gasteiger partial charge on any atom is -0.481 e. The van der Waals surface area contributed by atoms with Crippen molar-refractivity contribution >= 4 is 12.0 Å². The quantitative estimate of drug-likeness (QED) is 0.707. The van der Waals surface area contributed by atoms with Gasteiger partial charge in [0.15, 0.2) is 0 Å². The molecule has 0 aliphatic heterocycles. The average molecular weight is 202 g/mol. The van der Waals surface area contributed by atoms with Crippen molar-refractivity contribution in [2.75, 3.05) is 20.1 Å². The largest absolute Gasteiger partial charge is 0.481 e. The average Bonchev–Trinajstić information content (AvgIpc) is 2.12. The molecule has 0 aromatic carbocycles. The molecule has 0 unspecified atom stereocenters. The summed E-state index contributed by atoms with van der Waals surface area (Å²) in [4.78, 5) is 23.5. The Bertz CT molecular complexity index is 226. The number of carboxylic acids is 1. The molecule has 2 amide bonds. The smallest absolute Gasteiger partial charge is 0.317 e. The zero-order chi connectivity index (χ0) is 11.4. The number of rotatable bonds is 4. The number of nitrogens with zero attached hydrogens (tertiary/aromatic N) is 1. The Morgan fingerprint density at radius 1 is 1.43 bits per heavy atom. The molecular weight excluding hydrogens is 184 g/mol. The molecule has 0 atom stereocenters. The van der Waals surface area contributed by atoms with E-state index in [0.717, 1.165) is 0 Å². The van der Waals surface area contributed by atoms with Gasteiger partial charge in [0.25, 0.3) is 0 Å². The van der Waals surface area contributed by atoms with E-state index in [9.17, 15) is 9.59 Å². The van der Waals surface area contributed by atoms with E-state index >= 15 is 0 Å². The molecule has 0 aromatic rings. The van der Waals surface area contributed by atoms with Crippen LogP contribution < -0.4 is 5.32 Å². The highest BCUT2D eigenvalue weighted by atomic mass is 16.4. The van der Waals surface area contributed by atoms with Gasteiger partial charge in [0.2, 0.25) is 0 Å². The predicted octanol–water partition coefficient (Wildman–Crippen LogP) is 0.758. The van der Waals surface area contributed by atoms with Gasteiger partial charge in [-0.2, -0.15) is 0 Å². The lowest BCUT2D eigenvalue weighted by Crippen LogP contribution is -2.44. The van der Waals surface area contributed by atoms with E-state index < -0.39 is 11.4 Å². The second kappa shape index (κ2) is 4.83. The lowest BCUT2D eigenvalue weighted by molar-refractivity contribution is -0.146. The summed E-state index contributed by atoms with van der Waals surface area (Å²) >= 11 is 0. The van der Waals surface area contributed by atoms with Crippen molar-refractivity contribution in [1.82, 2.24) is 10.2 Å². The molecule has 5 nitrogen and oxygen atoms in total. The molecule has 82 valence electrons. The number of nitrogens with one attached hydrogen (secondary N) is 1. The first-order chi connectivity index (χ1) is 6.31. The fraction of sp³-hybridized carbons (Fsp3) is 0.778. The van der Waals surface area contributed by atoms with E-state index in [2.05, 4.69) is 5.32 Å². The first kappa shape index (κ1) is 12.7. The number of carbonyl (C=O) groups is 2. The van der Waals surface area contributed by atoms with Crippen molar-refractivity contribution in [2.24, 2.45) is 5.41 Å². The van der Waals surface area contributed by atoms with Crippen molar-refractivity contribution in [1.29, 1.82) is 0 Å². The summed E-state index contributed by atoms with van der Waals surface area (Å²) in [6.07, 6.45) is 0. The topological polar surface area (TPSA) is 69.6 Å².